The molecule has 0 heterocycles. The lowest BCUT2D eigenvalue weighted by molar-refractivity contribution is -0.896. The number of rotatable bonds is 15. The van der Waals surface area contributed by atoms with Gasteiger partial charge in [-0.2, -0.15) is 8.42 Å². The second kappa shape index (κ2) is 12.7. The van der Waals surface area contributed by atoms with Crippen LogP contribution in [0, 0.1) is 0 Å². The van der Waals surface area contributed by atoms with Gasteiger partial charge in [-0.1, -0.05) is 46.0 Å². The first-order valence-electron chi connectivity index (χ1n) is 10.1. The van der Waals surface area contributed by atoms with E-state index in [0.717, 1.165) is 19.3 Å². The first-order chi connectivity index (χ1) is 12.1. The highest BCUT2D eigenvalue weighted by atomic mass is 32.2. The molecular formula is C19H41N2O4S+. The van der Waals surface area contributed by atoms with E-state index in [1.165, 1.54) is 25.7 Å². The highest BCUT2D eigenvalue weighted by Gasteiger charge is 2.41. The Balaban J connectivity index is 4.97. The summed E-state index contributed by atoms with van der Waals surface area (Å²) in [7, 11) is 2.09. The number of nitrogens with zero attached hydrogens (tertiary/aromatic N) is 1. The molecule has 0 fully saturated rings. The van der Waals surface area contributed by atoms with Crippen LogP contribution in [0.15, 0.2) is 0 Å². The van der Waals surface area contributed by atoms with Crippen molar-refractivity contribution < 1.29 is 21.9 Å². The van der Waals surface area contributed by atoms with Gasteiger partial charge in [0.1, 0.15) is 11.3 Å². The van der Waals surface area contributed by atoms with Crippen molar-refractivity contribution in [1.82, 2.24) is 0 Å². The molecule has 0 saturated carbocycles. The molecule has 0 aliphatic rings. The minimum absolute atomic E-state index is 0.0403. The summed E-state index contributed by atoms with van der Waals surface area (Å²) in [6.45, 7) is 4.38. The predicted octanol–water partition coefficient (Wildman–Crippen LogP) is 3.20. The monoisotopic (exact) mass is 393 g/mol. The normalized spacial score (nSPS) is 14.8. The molecule has 0 rings (SSSR count). The van der Waals surface area contributed by atoms with Gasteiger partial charge in [0.25, 0.3) is 0 Å². The van der Waals surface area contributed by atoms with Gasteiger partial charge in [0.05, 0.1) is 21.1 Å². The van der Waals surface area contributed by atoms with Gasteiger partial charge in [-0.15, -0.1) is 0 Å². The van der Waals surface area contributed by atoms with Crippen molar-refractivity contribution in [2.24, 2.45) is 5.73 Å². The third kappa shape index (κ3) is 9.88. The molecule has 0 aromatic carbocycles. The van der Waals surface area contributed by atoms with E-state index in [2.05, 4.69) is 6.92 Å². The molecule has 0 amide bonds. The van der Waals surface area contributed by atoms with Crippen LogP contribution in [-0.4, -0.2) is 57.8 Å². The van der Waals surface area contributed by atoms with Gasteiger partial charge < -0.3 is 14.4 Å². The van der Waals surface area contributed by atoms with Gasteiger partial charge in [0.15, 0.2) is 0 Å². The lowest BCUT2D eigenvalue weighted by Gasteiger charge is -2.38. The number of nitrogens with two attached hydrogens (primary N) is 1. The standard InChI is InChI=1S/C19H41N2O4S/c1-6-8-9-10-11-12-14-17(21(3,4)5)18(7-2)26(23,24)25-19(22)15-13-16-20/h17-18H,6-16,20H2,1-5H3/q+1. The molecule has 26 heavy (non-hydrogen) atoms. The summed E-state index contributed by atoms with van der Waals surface area (Å²) in [6, 6.07) is -0.0986. The van der Waals surface area contributed by atoms with E-state index in [1.807, 2.05) is 28.1 Å². The summed E-state index contributed by atoms with van der Waals surface area (Å²) in [5.74, 6) is -0.700. The quantitative estimate of drug-likeness (QED) is 0.262. The topological polar surface area (TPSA) is 86.5 Å². The SMILES string of the molecule is CCCCCCCCC(C(CC)S(=O)(=O)OC(=O)CCCN)[N+](C)(C)C. The lowest BCUT2D eigenvalue weighted by atomic mass is 10.00. The maximum atomic E-state index is 12.7. The van der Waals surface area contributed by atoms with E-state index in [-0.39, 0.29) is 12.5 Å². The third-order valence-corrected chi connectivity index (χ3v) is 6.65. The average molecular weight is 394 g/mol. The summed E-state index contributed by atoms with van der Waals surface area (Å²) < 4.78 is 30.9. The van der Waals surface area contributed by atoms with E-state index < -0.39 is 21.3 Å². The molecule has 0 aromatic heterocycles. The van der Waals surface area contributed by atoms with Crippen LogP contribution in [0.3, 0.4) is 0 Å². The number of hydrogen-bond acceptors (Lipinski definition) is 5. The van der Waals surface area contributed by atoms with Gasteiger partial charge in [-0.25, -0.2) is 0 Å². The van der Waals surface area contributed by atoms with Crippen LogP contribution < -0.4 is 5.73 Å². The van der Waals surface area contributed by atoms with Crippen LogP contribution in [0.4, 0.5) is 0 Å². The number of carbonyl (C=O) groups is 1. The van der Waals surface area contributed by atoms with Crippen LogP contribution in [-0.2, 0) is 19.1 Å². The summed E-state index contributed by atoms with van der Waals surface area (Å²) in [5.41, 5.74) is 5.37. The van der Waals surface area contributed by atoms with Crippen LogP contribution in [0.25, 0.3) is 0 Å². The maximum absolute atomic E-state index is 12.7. The Hall–Kier alpha value is -0.660. The Morgan fingerprint density at radius 2 is 1.58 bits per heavy atom. The molecule has 0 aliphatic carbocycles. The molecule has 7 heteroatoms. The highest BCUT2D eigenvalue weighted by Crippen LogP contribution is 2.25. The molecule has 0 radical (unpaired) electrons. The fourth-order valence-corrected chi connectivity index (χ4v) is 5.11. The molecule has 2 unspecified atom stereocenters. The largest absolute Gasteiger partial charge is 0.345 e. The molecule has 2 atom stereocenters. The van der Waals surface area contributed by atoms with Crippen molar-refractivity contribution in [3.05, 3.63) is 0 Å². The Morgan fingerprint density at radius 3 is 2.08 bits per heavy atom. The Kier molecular flexibility index (Phi) is 12.4. The summed E-state index contributed by atoms with van der Waals surface area (Å²) in [6.07, 6.45) is 8.72. The zero-order chi connectivity index (χ0) is 20.2. The van der Waals surface area contributed by atoms with Gasteiger partial charge in [-0.05, 0) is 25.8 Å². The fourth-order valence-electron chi connectivity index (χ4n) is 3.35. The van der Waals surface area contributed by atoms with Crippen LogP contribution in [0.2, 0.25) is 0 Å². The molecule has 0 saturated heterocycles. The first kappa shape index (κ1) is 25.3. The molecule has 156 valence electrons. The molecule has 0 aliphatic heterocycles. The summed E-state index contributed by atoms with van der Waals surface area (Å²) in [5, 5.41) is -0.681. The molecule has 0 aromatic rings. The van der Waals surface area contributed by atoms with Gasteiger partial charge in [-0.3, -0.25) is 4.79 Å². The maximum Gasteiger partial charge on any atom is 0.322 e. The molecule has 6 nitrogen and oxygen atoms in total. The van der Waals surface area contributed by atoms with Crippen molar-refractivity contribution in [3.63, 3.8) is 0 Å². The first-order valence-corrected chi connectivity index (χ1v) is 11.5. The number of hydrogen-bond donors (Lipinski definition) is 1. The highest BCUT2D eigenvalue weighted by molar-refractivity contribution is 7.87. The Bertz CT molecular complexity index is 486. The molecular weight excluding hydrogens is 352 g/mol. The van der Waals surface area contributed by atoms with Crippen LogP contribution in [0.5, 0.6) is 0 Å². The lowest BCUT2D eigenvalue weighted by Crippen LogP contribution is -2.54. The van der Waals surface area contributed by atoms with Crippen molar-refractivity contribution in [1.29, 1.82) is 0 Å². The van der Waals surface area contributed by atoms with Crippen LogP contribution in [0.1, 0.15) is 78.1 Å². The summed E-state index contributed by atoms with van der Waals surface area (Å²) in [4.78, 5) is 11.8. The van der Waals surface area contributed by atoms with Crippen molar-refractivity contribution in [2.45, 2.75) is 89.3 Å². The van der Waals surface area contributed by atoms with Crippen molar-refractivity contribution in [3.8, 4) is 0 Å². The van der Waals surface area contributed by atoms with E-state index in [0.29, 0.717) is 23.9 Å². The zero-order valence-electron chi connectivity index (χ0n) is 17.5. The second-order valence-electron chi connectivity index (χ2n) is 8.03. The van der Waals surface area contributed by atoms with Gasteiger partial charge in [0, 0.05) is 12.8 Å². The minimum Gasteiger partial charge on any atom is -0.345 e. The van der Waals surface area contributed by atoms with E-state index in [1.54, 1.807) is 0 Å². The van der Waals surface area contributed by atoms with E-state index in [9.17, 15) is 13.2 Å². The number of carbonyl (C=O) groups excluding carboxylic acids is 1. The van der Waals surface area contributed by atoms with Gasteiger partial charge >= 0.3 is 16.1 Å². The van der Waals surface area contributed by atoms with E-state index in [4.69, 9.17) is 9.92 Å². The average Bonchev–Trinajstić information content (AvgIpc) is 2.53. The molecule has 2 N–H and O–H groups in total. The molecule has 0 spiro atoms. The molecule has 0 bridgehead atoms. The van der Waals surface area contributed by atoms with E-state index >= 15 is 0 Å². The van der Waals surface area contributed by atoms with Gasteiger partial charge in [0.2, 0.25) is 0 Å². The second-order valence-corrected chi connectivity index (χ2v) is 9.78. The summed E-state index contributed by atoms with van der Waals surface area (Å²) >= 11 is 0. The minimum atomic E-state index is -3.94. The van der Waals surface area contributed by atoms with Crippen LogP contribution >= 0.6 is 0 Å². The smallest absolute Gasteiger partial charge is 0.322 e. The Morgan fingerprint density at radius 1 is 1.00 bits per heavy atom. The zero-order valence-corrected chi connectivity index (χ0v) is 18.3. The predicted molar refractivity (Wildman–Crippen MR) is 107 cm³/mol. The fraction of sp³-hybridized carbons (Fsp3) is 0.947. The third-order valence-electron chi connectivity index (χ3n) is 4.84. The van der Waals surface area contributed by atoms with Crippen molar-refractivity contribution in [2.75, 3.05) is 27.7 Å². The number of quaternary nitrogens is 1. The Labute approximate surface area is 161 Å². The number of unbranched alkanes of at least 4 members (excludes halogenated alkanes) is 5. The van der Waals surface area contributed by atoms with Crippen molar-refractivity contribution >= 4 is 16.1 Å².